The Bertz CT molecular complexity index is 1560. The maximum Gasteiger partial charge on any atom is 0.387 e. The fourth-order valence-corrected chi connectivity index (χ4v) is 4.08. The van der Waals surface area contributed by atoms with E-state index < -0.39 is 12.5 Å². The van der Waals surface area contributed by atoms with Gasteiger partial charge < -0.3 is 15.4 Å². The van der Waals surface area contributed by atoms with Gasteiger partial charge in [0.2, 0.25) is 0 Å². The Labute approximate surface area is 221 Å². The second kappa shape index (κ2) is 11.4. The van der Waals surface area contributed by atoms with E-state index in [1.165, 1.54) is 28.9 Å². The highest BCUT2D eigenvalue weighted by atomic mass is 35.5. The molecule has 0 aliphatic rings. The molecule has 0 bridgehead atoms. The summed E-state index contributed by atoms with van der Waals surface area (Å²) >= 11 is 6.18. The number of ether oxygens (including phenoxy) is 1. The normalized spacial score (nSPS) is 11.3. The summed E-state index contributed by atoms with van der Waals surface area (Å²) in [6, 6.07) is 15.9. The molecular formula is C26H22ClF2N7O2. The molecule has 38 heavy (non-hydrogen) atoms. The lowest BCUT2D eigenvalue weighted by atomic mass is 10.1. The first kappa shape index (κ1) is 25.3. The Balaban J connectivity index is 1.43. The van der Waals surface area contributed by atoms with Crippen LogP contribution >= 0.6 is 11.6 Å². The number of alkyl halides is 2. The van der Waals surface area contributed by atoms with E-state index in [1.807, 2.05) is 30.3 Å². The summed E-state index contributed by atoms with van der Waals surface area (Å²) in [6.07, 6.45) is 6.26. The topological polar surface area (TPSA) is 98.4 Å². The summed E-state index contributed by atoms with van der Waals surface area (Å²) in [5, 5.41) is 15.2. The van der Waals surface area contributed by atoms with Crippen LogP contribution in [0.2, 0.25) is 5.02 Å². The fraction of sp³-hybridized carbons (Fsp3) is 0.154. The Kier molecular flexibility index (Phi) is 7.57. The van der Waals surface area contributed by atoms with Gasteiger partial charge in [0.15, 0.2) is 5.65 Å². The SMILES string of the molecule is O=C(Nc1cn(CCNCc2ccccc2)nc1-c1cc(Cl)ccc1OC(F)F)c1cnn2cccnc12. The van der Waals surface area contributed by atoms with Gasteiger partial charge in [-0.1, -0.05) is 41.9 Å². The van der Waals surface area contributed by atoms with Gasteiger partial charge in [-0.05, 0) is 29.8 Å². The highest BCUT2D eigenvalue weighted by molar-refractivity contribution is 6.31. The van der Waals surface area contributed by atoms with Crippen molar-refractivity contribution in [3.63, 3.8) is 0 Å². The van der Waals surface area contributed by atoms with Crippen LogP contribution in [0.25, 0.3) is 16.9 Å². The van der Waals surface area contributed by atoms with Gasteiger partial charge in [0.05, 0.1) is 18.4 Å². The molecule has 3 heterocycles. The van der Waals surface area contributed by atoms with Crippen LogP contribution in [0.5, 0.6) is 5.75 Å². The van der Waals surface area contributed by atoms with Gasteiger partial charge in [-0.2, -0.15) is 19.0 Å². The van der Waals surface area contributed by atoms with Gasteiger partial charge in [-0.15, -0.1) is 0 Å². The van der Waals surface area contributed by atoms with Crippen molar-refractivity contribution in [2.24, 2.45) is 0 Å². The molecule has 0 fully saturated rings. The van der Waals surface area contributed by atoms with Crippen molar-refractivity contribution < 1.29 is 18.3 Å². The molecule has 2 N–H and O–H groups in total. The molecule has 12 heteroatoms. The third-order valence-corrected chi connectivity index (χ3v) is 5.87. The van der Waals surface area contributed by atoms with Crippen LogP contribution in [0.3, 0.4) is 0 Å². The lowest BCUT2D eigenvalue weighted by molar-refractivity contribution is -0.0494. The smallest absolute Gasteiger partial charge is 0.387 e. The summed E-state index contributed by atoms with van der Waals surface area (Å²) in [5.41, 5.74) is 2.47. The molecule has 1 amide bonds. The number of benzene rings is 2. The first-order valence-electron chi connectivity index (χ1n) is 11.6. The predicted molar refractivity (Wildman–Crippen MR) is 138 cm³/mol. The van der Waals surface area contributed by atoms with Crippen molar-refractivity contribution >= 4 is 28.8 Å². The predicted octanol–water partition coefficient (Wildman–Crippen LogP) is 4.89. The average Bonchev–Trinajstić information content (AvgIpc) is 3.52. The number of hydrogen-bond donors (Lipinski definition) is 2. The van der Waals surface area contributed by atoms with E-state index in [1.54, 1.807) is 29.3 Å². The van der Waals surface area contributed by atoms with E-state index in [-0.39, 0.29) is 28.3 Å². The van der Waals surface area contributed by atoms with Gasteiger partial charge in [0.25, 0.3) is 5.91 Å². The number of carbonyl (C=O) groups is 1. The van der Waals surface area contributed by atoms with Crippen molar-refractivity contribution in [2.75, 3.05) is 11.9 Å². The van der Waals surface area contributed by atoms with Crippen LogP contribution < -0.4 is 15.4 Å². The zero-order valence-electron chi connectivity index (χ0n) is 19.9. The molecule has 0 aliphatic carbocycles. The molecule has 0 unspecified atom stereocenters. The molecule has 9 nitrogen and oxygen atoms in total. The summed E-state index contributed by atoms with van der Waals surface area (Å²) in [6.45, 7) is -1.38. The van der Waals surface area contributed by atoms with Gasteiger partial charge in [-0.25, -0.2) is 9.50 Å². The van der Waals surface area contributed by atoms with E-state index in [2.05, 4.69) is 25.8 Å². The number of aromatic nitrogens is 5. The highest BCUT2D eigenvalue weighted by Crippen LogP contribution is 2.37. The Morgan fingerprint density at radius 1 is 1.13 bits per heavy atom. The molecule has 3 aromatic heterocycles. The van der Waals surface area contributed by atoms with E-state index in [4.69, 9.17) is 16.3 Å². The fourth-order valence-electron chi connectivity index (χ4n) is 3.91. The standard InChI is InChI=1S/C26H22ClF2N7O2/c27-18-7-8-22(38-26(28)29)19(13-18)23-21(33-25(37)20-15-32-36-11-4-9-31-24(20)36)16-35(34-23)12-10-30-14-17-5-2-1-3-6-17/h1-9,11,13,15-16,26,30H,10,12,14H2,(H,33,37). The molecule has 0 aliphatic heterocycles. The molecule has 0 spiro atoms. The number of halogens is 3. The third-order valence-electron chi connectivity index (χ3n) is 5.64. The Hall–Kier alpha value is -4.35. The Morgan fingerprint density at radius 2 is 1.97 bits per heavy atom. The molecule has 0 radical (unpaired) electrons. The van der Waals surface area contributed by atoms with Crippen molar-refractivity contribution in [2.45, 2.75) is 19.7 Å². The van der Waals surface area contributed by atoms with Crippen LogP contribution in [0.15, 0.2) is 79.4 Å². The lowest BCUT2D eigenvalue weighted by Crippen LogP contribution is -2.19. The van der Waals surface area contributed by atoms with Crippen molar-refractivity contribution in [1.29, 1.82) is 0 Å². The second-order valence-corrected chi connectivity index (χ2v) is 8.67. The molecule has 194 valence electrons. The molecule has 2 aromatic carbocycles. The molecular weight excluding hydrogens is 516 g/mol. The summed E-state index contributed by atoms with van der Waals surface area (Å²) in [4.78, 5) is 17.4. The number of hydrogen-bond acceptors (Lipinski definition) is 6. The number of carbonyl (C=O) groups excluding carboxylic acids is 1. The van der Waals surface area contributed by atoms with Crippen LogP contribution in [-0.4, -0.2) is 43.4 Å². The largest absolute Gasteiger partial charge is 0.434 e. The maximum atomic E-state index is 13.2. The number of rotatable bonds is 10. The molecule has 0 atom stereocenters. The first-order chi connectivity index (χ1) is 18.5. The van der Waals surface area contributed by atoms with E-state index >= 15 is 0 Å². The molecule has 0 saturated heterocycles. The van der Waals surface area contributed by atoms with Crippen molar-refractivity contribution in [3.05, 3.63) is 95.5 Å². The summed E-state index contributed by atoms with van der Waals surface area (Å²) < 4.78 is 34.1. The summed E-state index contributed by atoms with van der Waals surface area (Å²) in [7, 11) is 0. The van der Waals surface area contributed by atoms with Crippen LogP contribution in [0, 0.1) is 0 Å². The first-order valence-corrected chi connectivity index (χ1v) is 12.0. The van der Waals surface area contributed by atoms with Crippen molar-refractivity contribution in [3.8, 4) is 17.0 Å². The Morgan fingerprint density at radius 3 is 2.79 bits per heavy atom. The van der Waals surface area contributed by atoms with E-state index in [0.29, 0.717) is 30.3 Å². The van der Waals surface area contributed by atoms with Crippen LogP contribution in [-0.2, 0) is 13.1 Å². The van der Waals surface area contributed by atoms with Crippen LogP contribution in [0.1, 0.15) is 15.9 Å². The number of nitrogens with zero attached hydrogens (tertiary/aromatic N) is 5. The maximum absolute atomic E-state index is 13.2. The number of anilines is 1. The van der Waals surface area contributed by atoms with Gasteiger partial charge in [0, 0.05) is 42.3 Å². The molecule has 5 rings (SSSR count). The summed E-state index contributed by atoms with van der Waals surface area (Å²) in [5.74, 6) is -0.606. The lowest BCUT2D eigenvalue weighted by Gasteiger charge is -2.11. The number of nitrogens with one attached hydrogen (secondary N) is 2. The van der Waals surface area contributed by atoms with E-state index in [9.17, 15) is 13.6 Å². The van der Waals surface area contributed by atoms with Gasteiger partial charge >= 0.3 is 6.61 Å². The highest BCUT2D eigenvalue weighted by Gasteiger charge is 2.22. The average molecular weight is 538 g/mol. The monoisotopic (exact) mass is 537 g/mol. The zero-order chi connectivity index (χ0) is 26.5. The third kappa shape index (κ3) is 5.79. The number of fused-ring (bicyclic) bond motifs is 1. The second-order valence-electron chi connectivity index (χ2n) is 8.24. The molecule has 0 saturated carbocycles. The minimum atomic E-state index is -3.05. The van der Waals surface area contributed by atoms with Crippen molar-refractivity contribution in [1.82, 2.24) is 29.7 Å². The van der Waals surface area contributed by atoms with Gasteiger partial charge in [-0.3, -0.25) is 9.48 Å². The minimum Gasteiger partial charge on any atom is -0.434 e. The van der Waals surface area contributed by atoms with Crippen LogP contribution in [0.4, 0.5) is 14.5 Å². The number of amides is 1. The zero-order valence-corrected chi connectivity index (χ0v) is 20.6. The van der Waals surface area contributed by atoms with Gasteiger partial charge in [0.1, 0.15) is 17.0 Å². The quantitative estimate of drug-likeness (QED) is 0.246. The molecule has 5 aromatic rings. The minimum absolute atomic E-state index is 0.120. The van der Waals surface area contributed by atoms with E-state index in [0.717, 1.165) is 5.56 Å².